The molecule has 6 nitrogen and oxygen atoms in total. The minimum Gasteiger partial charge on any atom is -0.394 e. The molecule has 22 heavy (non-hydrogen) atoms. The molecule has 0 fully saturated rings. The first-order valence-corrected chi connectivity index (χ1v) is 7.42. The van der Waals surface area contributed by atoms with Gasteiger partial charge >= 0.3 is 6.03 Å². The molecule has 2 aromatic rings. The molecule has 0 aliphatic rings. The minimum atomic E-state index is -0.392. The number of halogens is 1. The number of aryl methyl sites for hydroxylation is 1. The molecule has 1 heterocycles. The standard InChI is InChI=1S/C15H19ClN4O2/c1-3-12(9-21)17-15(22)18-14-7-10(2)20(19-14)13-6-4-5-11(16)8-13/h4-8,12,21H,3,9H2,1-2H3,(H2,17,18,19,22)/t12-/m1/s1. The number of hydrogen-bond donors (Lipinski definition) is 3. The molecule has 0 unspecified atom stereocenters. The van der Waals surface area contributed by atoms with Crippen molar-refractivity contribution in [3.05, 3.63) is 41.0 Å². The first-order valence-electron chi connectivity index (χ1n) is 7.04. The molecule has 2 amide bonds. The van der Waals surface area contributed by atoms with Crippen molar-refractivity contribution in [2.24, 2.45) is 0 Å². The largest absolute Gasteiger partial charge is 0.394 e. The van der Waals surface area contributed by atoms with E-state index in [4.69, 9.17) is 16.7 Å². The number of hydrogen-bond acceptors (Lipinski definition) is 3. The van der Waals surface area contributed by atoms with Crippen molar-refractivity contribution in [2.45, 2.75) is 26.3 Å². The topological polar surface area (TPSA) is 79.2 Å². The second kappa shape index (κ2) is 7.29. The van der Waals surface area contributed by atoms with E-state index in [0.29, 0.717) is 17.3 Å². The highest BCUT2D eigenvalue weighted by molar-refractivity contribution is 6.30. The maximum Gasteiger partial charge on any atom is 0.320 e. The fourth-order valence-corrected chi connectivity index (χ4v) is 2.20. The van der Waals surface area contributed by atoms with E-state index in [2.05, 4.69) is 15.7 Å². The van der Waals surface area contributed by atoms with Crippen LogP contribution in [0.1, 0.15) is 19.0 Å². The average molecular weight is 323 g/mol. The number of benzene rings is 1. The number of nitrogens with zero attached hydrogens (tertiary/aromatic N) is 2. The molecule has 7 heteroatoms. The van der Waals surface area contributed by atoms with Crippen LogP contribution in [0.2, 0.25) is 5.02 Å². The van der Waals surface area contributed by atoms with E-state index in [0.717, 1.165) is 11.4 Å². The summed E-state index contributed by atoms with van der Waals surface area (Å²) >= 11 is 5.98. The third-order valence-corrected chi connectivity index (χ3v) is 3.47. The minimum absolute atomic E-state index is 0.0973. The molecule has 0 bridgehead atoms. The zero-order chi connectivity index (χ0) is 16.1. The van der Waals surface area contributed by atoms with Crippen LogP contribution in [0.3, 0.4) is 0 Å². The molecular formula is C15H19ClN4O2. The van der Waals surface area contributed by atoms with Crippen molar-refractivity contribution < 1.29 is 9.90 Å². The van der Waals surface area contributed by atoms with E-state index < -0.39 is 6.03 Å². The van der Waals surface area contributed by atoms with Crippen LogP contribution in [0.25, 0.3) is 5.69 Å². The molecule has 0 aliphatic heterocycles. The number of amides is 2. The van der Waals surface area contributed by atoms with E-state index >= 15 is 0 Å². The Kier molecular flexibility index (Phi) is 5.41. The van der Waals surface area contributed by atoms with Gasteiger partial charge in [-0.25, -0.2) is 9.48 Å². The average Bonchev–Trinajstić information content (AvgIpc) is 2.85. The van der Waals surface area contributed by atoms with Crippen molar-refractivity contribution in [3.8, 4) is 5.69 Å². The molecular weight excluding hydrogens is 304 g/mol. The maximum atomic E-state index is 11.8. The van der Waals surface area contributed by atoms with Crippen LogP contribution >= 0.6 is 11.6 Å². The normalized spacial score (nSPS) is 12.0. The Morgan fingerprint density at radius 2 is 2.23 bits per heavy atom. The fourth-order valence-electron chi connectivity index (χ4n) is 2.02. The van der Waals surface area contributed by atoms with Crippen molar-refractivity contribution >= 4 is 23.4 Å². The summed E-state index contributed by atoms with van der Waals surface area (Å²) in [5, 5.41) is 19.4. The zero-order valence-corrected chi connectivity index (χ0v) is 13.3. The summed E-state index contributed by atoms with van der Waals surface area (Å²) in [7, 11) is 0. The number of carbonyl (C=O) groups is 1. The number of rotatable bonds is 5. The van der Waals surface area contributed by atoms with Gasteiger partial charge in [-0.1, -0.05) is 24.6 Å². The second-order valence-corrected chi connectivity index (χ2v) is 5.39. The Morgan fingerprint density at radius 1 is 1.45 bits per heavy atom. The molecule has 1 aromatic carbocycles. The SMILES string of the molecule is CC[C@H](CO)NC(=O)Nc1cc(C)n(-c2cccc(Cl)c2)n1. The van der Waals surface area contributed by atoms with Gasteiger partial charge in [-0.3, -0.25) is 5.32 Å². The number of carbonyl (C=O) groups excluding carboxylic acids is 1. The number of nitrogens with one attached hydrogen (secondary N) is 2. The van der Waals surface area contributed by atoms with Crippen molar-refractivity contribution in [1.82, 2.24) is 15.1 Å². The van der Waals surface area contributed by atoms with Crippen LogP contribution in [0, 0.1) is 6.92 Å². The van der Waals surface area contributed by atoms with Gasteiger partial charge in [0.1, 0.15) is 0 Å². The second-order valence-electron chi connectivity index (χ2n) is 4.95. The molecule has 0 saturated heterocycles. The van der Waals surface area contributed by atoms with Gasteiger partial charge in [0.05, 0.1) is 18.3 Å². The highest BCUT2D eigenvalue weighted by atomic mass is 35.5. The molecule has 1 atom stereocenters. The summed E-state index contributed by atoms with van der Waals surface area (Å²) in [6, 6.07) is 8.41. The number of aromatic nitrogens is 2. The lowest BCUT2D eigenvalue weighted by Gasteiger charge is -2.13. The van der Waals surface area contributed by atoms with E-state index in [1.807, 2.05) is 26.0 Å². The van der Waals surface area contributed by atoms with Gasteiger partial charge in [-0.05, 0) is 31.5 Å². The lowest BCUT2D eigenvalue weighted by atomic mass is 10.2. The van der Waals surface area contributed by atoms with E-state index in [9.17, 15) is 4.79 Å². The number of urea groups is 1. The fraction of sp³-hybridized carbons (Fsp3) is 0.333. The highest BCUT2D eigenvalue weighted by Crippen LogP contribution is 2.18. The third-order valence-electron chi connectivity index (χ3n) is 3.23. The summed E-state index contributed by atoms with van der Waals surface area (Å²) in [5.74, 6) is 0.433. The maximum absolute atomic E-state index is 11.8. The van der Waals surface area contributed by atoms with Crippen LogP contribution in [-0.4, -0.2) is 33.6 Å². The molecule has 2 rings (SSSR count). The van der Waals surface area contributed by atoms with Gasteiger partial charge in [0.25, 0.3) is 0 Å². The van der Waals surface area contributed by atoms with Crippen molar-refractivity contribution in [3.63, 3.8) is 0 Å². The van der Waals surface area contributed by atoms with Crippen molar-refractivity contribution in [2.75, 3.05) is 11.9 Å². The zero-order valence-electron chi connectivity index (χ0n) is 12.5. The number of aliphatic hydroxyl groups excluding tert-OH is 1. The Hall–Kier alpha value is -2.05. The predicted molar refractivity (Wildman–Crippen MR) is 86.6 cm³/mol. The lowest BCUT2D eigenvalue weighted by molar-refractivity contribution is 0.222. The Labute approximate surface area is 134 Å². The molecule has 0 saturated carbocycles. The quantitative estimate of drug-likeness (QED) is 0.792. The van der Waals surface area contributed by atoms with Gasteiger partial charge in [0.2, 0.25) is 0 Å². The Morgan fingerprint density at radius 3 is 2.86 bits per heavy atom. The summed E-state index contributed by atoms with van der Waals surface area (Å²) in [5.41, 5.74) is 1.69. The van der Waals surface area contributed by atoms with Crippen LogP contribution in [0.15, 0.2) is 30.3 Å². The molecule has 0 aliphatic carbocycles. The molecule has 0 spiro atoms. The Balaban J connectivity index is 2.11. The number of aliphatic hydroxyl groups is 1. The summed E-state index contributed by atoms with van der Waals surface area (Å²) in [4.78, 5) is 11.8. The first kappa shape index (κ1) is 16.3. The first-order chi connectivity index (χ1) is 10.5. The summed E-state index contributed by atoms with van der Waals surface area (Å²) in [6.07, 6.45) is 0.653. The predicted octanol–water partition coefficient (Wildman–Crippen LogP) is 2.73. The highest BCUT2D eigenvalue weighted by Gasteiger charge is 2.12. The van der Waals surface area contributed by atoms with Crippen LogP contribution in [-0.2, 0) is 0 Å². The van der Waals surface area contributed by atoms with Crippen LogP contribution in [0.4, 0.5) is 10.6 Å². The van der Waals surface area contributed by atoms with Gasteiger partial charge in [0.15, 0.2) is 5.82 Å². The van der Waals surface area contributed by atoms with Gasteiger partial charge in [-0.15, -0.1) is 5.10 Å². The van der Waals surface area contributed by atoms with Gasteiger partial charge in [-0.2, -0.15) is 0 Å². The van der Waals surface area contributed by atoms with Crippen LogP contribution < -0.4 is 10.6 Å². The van der Waals surface area contributed by atoms with Gasteiger partial charge < -0.3 is 10.4 Å². The van der Waals surface area contributed by atoms with E-state index in [-0.39, 0.29) is 12.6 Å². The Bertz CT molecular complexity index is 653. The van der Waals surface area contributed by atoms with Gasteiger partial charge in [0, 0.05) is 16.8 Å². The molecule has 1 aromatic heterocycles. The monoisotopic (exact) mass is 322 g/mol. The smallest absolute Gasteiger partial charge is 0.320 e. The third kappa shape index (κ3) is 3.99. The van der Waals surface area contributed by atoms with E-state index in [1.165, 1.54) is 0 Å². The van der Waals surface area contributed by atoms with E-state index in [1.54, 1.807) is 22.9 Å². The van der Waals surface area contributed by atoms with Crippen molar-refractivity contribution in [1.29, 1.82) is 0 Å². The lowest BCUT2D eigenvalue weighted by Crippen LogP contribution is -2.39. The number of anilines is 1. The summed E-state index contributed by atoms with van der Waals surface area (Å²) < 4.78 is 1.70. The molecule has 3 N–H and O–H groups in total. The molecule has 118 valence electrons. The van der Waals surface area contributed by atoms with Crippen LogP contribution in [0.5, 0.6) is 0 Å². The summed E-state index contributed by atoms with van der Waals surface area (Å²) in [6.45, 7) is 3.68. The molecule has 0 radical (unpaired) electrons.